The maximum absolute atomic E-state index is 12.4. The van der Waals surface area contributed by atoms with Gasteiger partial charge in [0.15, 0.2) is 0 Å². The van der Waals surface area contributed by atoms with Crippen LogP contribution in [0.25, 0.3) is 0 Å². The molecular formula is C19H16ClF2N3O2. The number of anilines is 1. The zero-order valence-corrected chi connectivity index (χ0v) is 14.9. The van der Waals surface area contributed by atoms with Crippen molar-refractivity contribution >= 4 is 17.3 Å². The maximum Gasteiger partial charge on any atom is 0.387 e. The topological polar surface area (TPSA) is 56.1 Å². The Kier molecular flexibility index (Phi) is 6.03. The van der Waals surface area contributed by atoms with E-state index in [1.807, 2.05) is 30.3 Å². The van der Waals surface area contributed by atoms with Crippen molar-refractivity contribution in [2.75, 3.05) is 5.32 Å². The fraction of sp³-hybridized carbons (Fsp3) is 0.158. The second-order valence-corrected chi connectivity index (χ2v) is 6.08. The van der Waals surface area contributed by atoms with Gasteiger partial charge in [0.25, 0.3) is 5.56 Å². The molecule has 0 atom stereocenters. The van der Waals surface area contributed by atoms with Crippen LogP contribution in [0.3, 0.4) is 0 Å². The number of aromatic nitrogens is 2. The van der Waals surface area contributed by atoms with E-state index < -0.39 is 12.2 Å². The first-order valence-corrected chi connectivity index (χ1v) is 8.48. The van der Waals surface area contributed by atoms with Gasteiger partial charge in [-0.05, 0) is 23.3 Å². The molecule has 3 aromatic rings. The van der Waals surface area contributed by atoms with E-state index in [1.165, 1.54) is 23.0 Å². The van der Waals surface area contributed by atoms with Crippen molar-refractivity contribution in [1.82, 2.24) is 9.78 Å². The van der Waals surface area contributed by atoms with Crippen LogP contribution in [0.2, 0.25) is 5.02 Å². The summed E-state index contributed by atoms with van der Waals surface area (Å²) in [4.78, 5) is 12.4. The Bertz CT molecular complexity index is 965. The molecule has 140 valence electrons. The Morgan fingerprint density at radius 2 is 1.85 bits per heavy atom. The second kappa shape index (κ2) is 8.64. The van der Waals surface area contributed by atoms with Gasteiger partial charge in [-0.25, -0.2) is 4.68 Å². The van der Waals surface area contributed by atoms with Crippen molar-refractivity contribution in [2.45, 2.75) is 19.7 Å². The molecule has 5 nitrogen and oxygen atoms in total. The predicted octanol–water partition coefficient (Wildman–Crippen LogP) is 4.16. The molecule has 1 heterocycles. The highest BCUT2D eigenvalue weighted by molar-refractivity contribution is 6.32. The number of benzene rings is 2. The van der Waals surface area contributed by atoms with E-state index in [0.29, 0.717) is 17.8 Å². The van der Waals surface area contributed by atoms with Crippen molar-refractivity contribution in [3.05, 3.63) is 87.3 Å². The van der Waals surface area contributed by atoms with Gasteiger partial charge >= 0.3 is 6.61 Å². The molecule has 0 unspecified atom stereocenters. The lowest BCUT2D eigenvalue weighted by Crippen LogP contribution is -2.24. The van der Waals surface area contributed by atoms with Gasteiger partial charge in [-0.15, -0.1) is 0 Å². The highest BCUT2D eigenvalue weighted by Crippen LogP contribution is 2.19. The third-order valence-electron chi connectivity index (χ3n) is 3.77. The standard InChI is InChI=1S/C19H16ClF2N3O2/c20-17-16(23-10-14-7-4-8-15(9-14)27-19(21)22)11-24-25(18(17)26)12-13-5-2-1-3-6-13/h1-9,11,19,23H,10,12H2. The molecule has 3 rings (SSSR count). The number of nitrogens with one attached hydrogen (secondary N) is 1. The van der Waals surface area contributed by atoms with Gasteiger partial charge in [-0.2, -0.15) is 13.9 Å². The minimum Gasteiger partial charge on any atom is -0.435 e. The Balaban J connectivity index is 1.71. The van der Waals surface area contributed by atoms with Gasteiger partial charge in [0.1, 0.15) is 10.8 Å². The molecule has 8 heteroatoms. The number of halogens is 3. The quantitative estimate of drug-likeness (QED) is 0.657. The van der Waals surface area contributed by atoms with Crippen LogP contribution in [0.5, 0.6) is 5.75 Å². The molecule has 0 radical (unpaired) electrons. The smallest absolute Gasteiger partial charge is 0.387 e. The first-order valence-electron chi connectivity index (χ1n) is 8.10. The van der Waals surface area contributed by atoms with Gasteiger partial charge < -0.3 is 10.1 Å². The van der Waals surface area contributed by atoms with E-state index in [-0.39, 0.29) is 17.3 Å². The van der Waals surface area contributed by atoms with Crippen molar-refractivity contribution in [1.29, 1.82) is 0 Å². The van der Waals surface area contributed by atoms with Crippen LogP contribution in [0.1, 0.15) is 11.1 Å². The number of hydrogen-bond acceptors (Lipinski definition) is 4. The first-order chi connectivity index (χ1) is 13.0. The van der Waals surface area contributed by atoms with E-state index in [9.17, 15) is 13.6 Å². The van der Waals surface area contributed by atoms with Crippen molar-refractivity contribution in [3.8, 4) is 5.75 Å². The number of alkyl halides is 2. The Morgan fingerprint density at radius 3 is 2.59 bits per heavy atom. The second-order valence-electron chi connectivity index (χ2n) is 5.70. The largest absolute Gasteiger partial charge is 0.435 e. The van der Waals surface area contributed by atoms with Gasteiger partial charge in [0, 0.05) is 6.54 Å². The SMILES string of the molecule is O=c1c(Cl)c(NCc2cccc(OC(F)F)c2)cnn1Cc1ccccc1. The summed E-state index contributed by atoms with van der Waals surface area (Å²) in [6, 6.07) is 15.7. The third kappa shape index (κ3) is 5.04. The lowest BCUT2D eigenvalue weighted by molar-refractivity contribution is -0.0498. The average Bonchev–Trinajstić information content (AvgIpc) is 2.65. The summed E-state index contributed by atoms with van der Waals surface area (Å²) in [5, 5.41) is 7.14. The molecular weight excluding hydrogens is 376 g/mol. The average molecular weight is 392 g/mol. The fourth-order valence-corrected chi connectivity index (χ4v) is 2.70. The molecule has 0 saturated carbocycles. The van der Waals surface area contributed by atoms with Crippen LogP contribution in [0.4, 0.5) is 14.5 Å². The van der Waals surface area contributed by atoms with Gasteiger partial charge in [-0.1, -0.05) is 54.1 Å². The number of ether oxygens (including phenoxy) is 1. The molecule has 1 N–H and O–H groups in total. The summed E-state index contributed by atoms with van der Waals surface area (Å²) in [5.74, 6) is 0.0619. The summed E-state index contributed by atoms with van der Waals surface area (Å²) in [6.07, 6.45) is 1.46. The lowest BCUT2D eigenvalue weighted by atomic mass is 10.2. The first kappa shape index (κ1) is 18.8. The highest BCUT2D eigenvalue weighted by Gasteiger charge is 2.10. The predicted molar refractivity (Wildman–Crippen MR) is 99.5 cm³/mol. The normalized spacial score (nSPS) is 10.8. The zero-order valence-electron chi connectivity index (χ0n) is 14.1. The molecule has 0 spiro atoms. The Morgan fingerprint density at radius 1 is 1.11 bits per heavy atom. The van der Waals surface area contributed by atoms with Crippen LogP contribution in [0, 0.1) is 0 Å². The zero-order chi connectivity index (χ0) is 19.2. The Hall–Kier alpha value is -2.93. The van der Waals surface area contributed by atoms with E-state index in [0.717, 1.165) is 5.56 Å². The molecule has 0 saturated heterocycles. The van der Waals surface area contributed by atoms with E-state index in [1.54, 1.807) is 12.1 Å². The molecule has 2 aromatic carbocycles. The van der Waals surface area contributed by atoms with Crippen LogP contribution in [-0.4, -0.2) is 16.4 Å². The van der Waals surface area contributed by atoms with Crippen LogP contribution < -0.4 is 15.6 Å². The van der Waals surface area contributed by atoms with E-state index >= 15 is 0 Å². The van der Waals surface area contributed by atoms with Crippen molar-refractivity contribution < 1.29 is 13.5 Å². The summed E-state index contributed by atoms with van der Waals surface area (Å²) in [5.41, 5.74) is 1.57. The fourth-order valence-electron chi connectivity index (χ4n) is 2.49. The maximum atomic E-state index is 12.4. The molecule has 0 bridgehead atoms. The van der Waals surface area contributed by atoms with E-state index in [2.05, 4.69) is 15.2 Å². The third-order valence-corrected chi connectivity index (χ3v) is 4.13. The van der Waals surface area contributed by atoms with Gasteiger partial charge in [0.05, 0.1) is 18.4 Å². The number of nitrogens with zero attached hydrogens (tertiary/aromatic N) is 2. The van der Waals surface area contributed by atoms with Crippen LogP contribution in [-0.2, 0) is 13.1 Å². The Labute approximate surface area is 159 Å². The minimum atomic E-state index is -2.89. The molecule has 1 aromatic heterocycles. The molecule has 0 fully saturated rings. The summed E-state index contributed by atoms with van der Waals surface area (Å²) in [6.45, 7) is -2.31. The molecule has 27 heavy (non-hydrogen) atoms. The van der Waals surface area contributed by atoms with Crippen molar-refractivity contribution in [2.24, 2.45) is 0 Å². The van der Waals surface area contributed by atoms with Crippen molar-refractivity contribution in [3.63, 3.8) is 0 Å². The summed E-state index contributed by atoms with van der Waals surface area (Å²) < 4.78 is 30.2. The highest BCUT2D eigenvalue weighted by atomic mass is 35.5. The molecule has 0 aliphatic carbocycles. The number of hydrogen-bond donors (Lipinski definition) is 1. The number of rotatable bonds is 7. The van der Waals surface area contributed by atoms with Gasteiger partial charge in [-0.3, -0.25) is 4.79 Å². The minimum absolute atomic E-state index is 0.0147. The van der Waals surface area contributed by atoms with Gasteiger partial charge in [0.2, 0.25) is 0 Å². The monoisotopic (exact) mass is 391 g/mol. The van der Waals surface area contributed by atoms with Crippen LogP contribution in [0.15, 0.2) is 65.6 Å². The van der Waals surface area contributed by atoms with E-state index in [4.69, 9.17) is 11.6 Å². The molecule has 0 aliphatic heterocycles. The molecule has 0 amide bonds. The lowest BCUT2D eigenvalue weighted by Gasteiger charge is -2.11. The molecule has 0 aliphatic rings. The summed E-state index contributed by atoms with van der Waals surface area (Å²) >= 11 is 6.17. The summed E-state index contributed by atoms with van der Waals surface area (Å²) in [7, 11) is 0. The van der Waals surface area contributed by atoms with Crippen LogP contribution >= 0.6 is 11.6 Å².